The number of nitrogens with zero attached hydrogens (tertiary/aromatic N) is 2. The molecule has 1 aromatic heterocycles. The zero-order chi connectivity index (χ0) is 43.2. The Hall–Kier alpha value is -7.40. The van der Waals surface area contributed by atoms with Crippen LogP contribution >= 0.6 is 11.3 Å². The molecule has 14 rings (SSSR count). The lowest BCUT2D eigenvalue weighted by molar-refractivity contribution is 0.795. The van der Waals surface area contributed by atoms with E-state index in [0.29, 0.717) is 5.56 Å². The molecule has 0 amide bonds. The van der Waals surface area contributed by atoms with Gasteiger partial charge in [0.2, 0.25) is 0 Å². The highest BCUT2D eigenvalue weighted by atomic mass is 32.1. The van der Waals surface area contributed by atoms with Gasteiger partial charge in [0.1, 0.15) is 0 Å². The SMILES string of the molecule is [2H]C([2H])([2H])c1ccc(-c2ccc3c(c2)N(c2ccccc2)c2cccc4c2B3c2sc3cc5c(cc3c2N4c2ccccc2)-c2ccccc2C52c3ccccc3-c3ccccc32)cc1. The predicted molar refractivity (Wildman–Crippen MR) is 262 cm³/mol. The molecule has 2 aliphatic carbocycles. The van der Waals surface area contributed by atoms with E-state index in [4.69, 9.17) is 4.11 Å². The van der Waals surface area contributed by atoms with Crippen molar-refractivity contribution in [3.05, 3.63) is 234 Å². The average molecular weight is 808 g/mol. The van der Waals surface area contributed by atoms with E-state index in [1.165, 1.54) is 81.7 Å². The molecule has 9 aromatic carbocycles. The second kappa shape index (κ2) is 12.6. The molecule has 0 bridgehead atoms. The molecular weight excluding hydrogens is 768 g/mol. The first-order chi connectivity index (χ1) is 31.9. The maximum absolute atomic E-state index is 7.99. The normalized spacial score (nSPS) is 15.2. The van der Waals surface area contributed by atoms with Crippen LogP contribution in [0.5, 0.6) is 0 Å². The number of hydrogen-bond donors (Lipinski definition) is 0. The quantitative estimate of drug-likeness (QED) is 0.164. The van der Waals surface area contributed by atoms with Crippen molar-refractivity contribution in [3.63, 3.8) is 0 Å². The molecule has 0 radical (unpaired) electrons. The highest BCUT2D eigenvalue weighted by Crippen LogP contribution is 2.64. The smallest absolute Gasteiger partial charge is 0.264 e. The van der Waals surface area contributed by atoms with Crippen LogP contribution in [0.3, 0.4) is 0 Å². The molecule has 1 spiro atoms. The van der Waals surface area contributed by atoms with Crippen LogP contribution in [0, 0.1) is 6.85 Å². The van der Waals surface area contributed by atoms with Gasteiger partial charge in [-0.1, -0.05) is 157 Å². The molecule has 0 unspecified atom stereocenters. The topological polar surface area (TPSA) is 6.48 Å². The number of fused-ring (bicyclic) bond motifs is 16. The summed E-state index contributed by atoms with van der Waals surface area (Å²) in [6.07, 6.45) is 0. The summed E-state index contributed by atoms with van der Waals surface area (Å²) in [5.41, 5.74) is 22.0. The number of hydrogen-bond acceptors (Lipinski definition) is 3. The van der Waals surface area contributed by atoms with Crippen LogP contribution in [-0.2, 0) is 5.41 Å². The van der Waals surface area contributed by atoms with Gasteiger partial charge in [-0.25, -0.2) is 0 Å². The van der Waals surface area contributed by atoms with Crippen molar-refractivity contribution in [1.29, 1.82) is 0 Å². The van der Waals surface area contributed by atoms with Gasteiger partial charge in [0.05, 0.1) is 11.1 Å². The van der Waals surface area contributed by atoms with Crippen molar-refractivity contribution >= 4 is 78.0 Å². The Morgan fingerprint density at radius 1 is 0.468 bits per heavy atom. The Morgan fingerprint density at radius 3 is 1.68 bits per heavy atom. The molecule has 0 saturated carbocycles. The van der Waals surface area contributed by atoms with E-state index in [0.717, 1.165) is 33.9 Å². The lowest BCUT2D eigenvalue weighted by Gasteiger charge is -2.43. The first-order valence-corrected chi connectivity index (χ1v) is 22.2. The summed E-state index contributed by atoms with van der Waals surface area (Å²) in [5.74, 6) is 0. The average Bonchev–Trinajstić information content (AvgIpc) is 3.97. The van der Waals surface area contributed by atoms with Gasteiger partial charge in [0, 0.05) is 47.4 Å². The first kappa shape index (κ1) is 31.5. The highest BCUT2D eigenvalue weighted by molar-refractivity contribution is 7.33. The number of para-hydroxylation sites is 2. The summed E-state index contributed by atoms with van der Waals surface area (Å²) in [7, 11) is 0. The molecule has 4 aliphatic rings. The van der Waals surface area contributed by atoms with Crippen molar-refractivity contribution in [3.8, 4) is 33.4 Å². The fourth-order valence-corrected chi connectivity index (χ4v) is 12.9. The minimum atomic E-state index is -2.16. The van der Waals surface area contributed by atoms with Crippen LogP contribution in [0.15, 0.2) is 206 Å². The highest BCUT2D eigenvalue weighted by Gasteiger charge is 2.52. The number of anilines is 6. The lowest BCUT2D eigenvalue weighted by atomic mass is 9.36. The van der Waals surface area contributed by atoms with Crippen LogP contribution in [0.4, 0.5) is 34.1 Å². The number of thiophene rings is 1. The van der Waals surface area contributed by atoms with Crippen molar-refractivity contribution in [1.82, 2.24) is 0 Å². The summed E-state index contributed by atoms with van der Waals surface area (Å²) in [5, 5.41) is 1.26. The Labute approximate surface area is 369 Å². The Balaban J connectivity index is 1.06. The summed E-state index contributed by atoms with van der Waals surface area (Å²) >= 11 is 1.94. The van der Waals surface area contributed by atoms with Crippen molar-refractivity contribution in [2.24, 2.45) is 0 Å². The van der Waals surface area contributed by atoms with E-state index in [1.54, 1.807) is 12.1 Å². The fraction of sp³-hybridized carbons (Fsp3) is 0.0345. The Bertz CT molecular complexity index is 3570. The molecule has 0 fully saturated rings. The third-order valence-corrected chi connectivity index (χ3v) is 15.2. The van der Waals surface area contributed by atoms with E-state index in [2.05, 4.69) is 192 Å². The molecule has 4 heteroatoms. The largest absolute Gasteiger partial charge is 0.311 e. The lowest BCUT2D eigenvalue weighted by Crippen LogP contribution is -2.60. The van der Waals surface area contributed by atoms with Gasteiger partial charge < -0.3 is 9.80 Å². The van der Waals surface area contributed by atoms with Crippen LogP contribution in [0.25, 0.3) is 43.5 Å². The Kier molecular flexibility index (Phi) is 6.38. The molecule has 0 saturated heterocycles. The monoisotopic (exact) mass is 807 g/mol. The minimum absolute atomic E-state index is 0.0421. The number of rotatable bonds is 3. The third kappa shape index (κ3) is 4.39. The second-order valence-corrected chi connectivity index (χ2v) is 18.0. The van der Waals surface area contributed by atoms with Gasteiger partial charge in [-0.2, -0.15) is 0 Å². The van der Waals surface area contributed by atoms with E-state index < -0.39 is 12.3 Å². The summed E-state index contributed by atoms with van der Waals surface area (Å²) in [6, 6.07) is 74.8. The van der Waals surface area contributed by atoms with Crippen molar-refractivity contribution < 1.29 is 4.11 Å². The third-order valence-electron chi connectivity index (χ3n) is 14.0. The molecule has 3 heterocycles. The molecule has 2 nitrogen and oxygen atoms in total. The van der Waals surface area contributed by atoms with E-state index in [1.807, 2.05) is 23.5 Å². The van der Waals surface area contributed by atoms with Gasteiger partial charge in [0.15, 0.2) is 0 Å². The maximum Gasteiger partial charge on any atom is 0.264 e. The van der Waals surface area contributed by atoms with Crippen LogP contribution in [0.2, 0.25) is 0 Å². The van der Waals surface area contributed by atoms with Gasteiger partial charge in [-0.3, -0.25) is 0 Å². The molecule has 62 heavy (non-hydrogen) atoms. The molecular formula is C58H37BN2S. The first-order valence-electron chi connectivity index (χ1n) is 22.9. The van der Waals surface area contributed by atoms with E-state index >= 15 is 0 Å². The van der Waals surface area contributed by atoms with Crippen LogP contribution in [-0.4, -0.2) is 6.71 Å². The van der Waals surface area contributed by atoms with Gasteiger partial charge in [0.25, 0.3) is 6.71 Å². The van der Waals surface area contributed by atoms with Crippen LogP contribution < -0.4 is 25.5 Å². The molecule has 2 aliphatic heterocycles. The zero-order valence-electron chi connectivity index (χ0n) is 36.5. The van der Waals surface area contributed by atoms with Crippen molar-refractivity contribution in [2.45, 2.75) is 12.3 Å². The summed E-state index contributed by atoms with van der Waals surface area (Å²) in [4.78, 5) is 4.96. The van der Waals surface area contributed by atoms with Gasteiger partial charge in [-0.05, 0) is 128 Å². The fourth-order valence-electron chi connectivity index (χ4n) is 11.5. The standard InChI is InChI=1S/C58H37BN2S/c1-36-27-29-37(30-28-36)38-31-32-50-53(33-38)60(39-15-4-2-5-16-39)51-25-14-26-52-55(51)59(50)57-56(61(52)40-17-6-3-7-18-40)45-34-44-43-21-10-13-24-48(43)58(49(44)35-54(45)62-57)46-22-11-8-19-41(46)42-20-9-12-23-47(42)58/h2-35H,1H3/i1D3. The predicted octanol–water partition coefficient (Wildman–Crippen LogP) is 13.3. The molecule has 0 atom stereocenters. The van der Waals surface area contributed by atoms with E-state index in [-0.39, 0.29) is 6.71 Å². The maximum atomic E-state index is 7.99. The minimum Gasteiger partial charge on any atom is -0.311 e. The summed E-state index contributed by atoms with van der Waals surface area (Å²) < 4.78 is 26.6. The van der Waals surface area contributed by atoms with Gasteiger partial charge in [-0.15, -0.1) is 11.3 Å². The summed E-state index contributed by atoms with van der Waals surface area (Å²) in [6.45, 7) is -2.20. The van der Waals surface area contributed by atoms with Crippen LogP contribution in [0.1, 0.15) is 31.9 Å². The van der Waals surface area contributed by atoms with E-state index in [9.17, 15) is 0 Å². The zero-order valence-corrected chi connectivity index (χ0v) is 34.3. The Morgan fingerprint density at radius 2 is 1.03 bits per heavy atom. The molecule has 0 N–H and O–H groups in total. The second-order valence-electron chi connectivity index (χ2n) is 16.9. The van der Waals surface area contributed by atoms with Gasteiger partial charge >= 0.3 is 0 Å². The molecule has 10 aromatic rings. The number of benzene rings is 9. The number of aryl methyl sites for hydroxylation is 1. The van der Waals surface area contributed by atoms with Crippen molar-refractivity contribution in [2.75, 3.05) is 9.80 Å². The molecule has 288 valence electrons.